The molecular weight excluding hydrogens is 284 g/mol. The Balaban J connectivity index is 1.68. The second kappa shape index (κ2) is 6.62. The van der Waals surface area contributed by atoms with Gasteiger partial charge in [0.15, 0.2) is 4.77 Å². The number of hydrogen-bond donors (Lipinski definition) is 1. The van der Waals surface area contributed by atoms with E-state index in [2.05, 4.69) is 9.55 Å². The van der Waals surface area contributed by atoms with Gasteiger partial charge in [-0.05, 0) is 37.2 Å². The van der Waals surface area contributed by atoms with Crippen LogP contribution in [-0.2, 0) is 11.3 Å². The molecule has 1 saturated carbocycles. The first kappa shape index (κ1) is 14.6. The Labute approximate surface area is 130 Å². The van der Waals surface area contributed by atoms with Crippen molar-refractivity contribution in [2.75, 3.05) is 13.7 Å². The third-order valence-electron chi connectivity index (χ3n) is 4.20. The number of aromatic amines is 1. The summed E-state index contributed by atoms with van der Waals surface area (Å²) in [6.07, 6.45) is 6.81. The van der Waals surface area contributed by atoms with Crippen molar-refractivity contribution in [1.82, 2.24) is 9.55 Å². The molecule has 0 radical (unpaired) electrons. The van der Waals surface area contributed by atoms with Gasteiger partial charge in [0.2, 0.25) is 0 Å². The van der Waals surface area contributed by atoms with Crippen molar-refractivity contribution >= 4 is 23.3 Å². The zero-order valence-corrected chi connectivity index (χ0v) is 13.2. The topological polar surface area (TPSA) is 39.2 Å². The molecule has 0 atom stereocenters. The van der Waals surface area contributed by atoms with Crippen LogP contribution in [0.4, 0.5) is 0 Å². The first-order valence-electron chi connectivity index (χ1n) is 7.66. The van der Waals surface area contributed by atoms with E-state index in [-0.39, 0.29) is 0 Å². The molecule has 1 heterocycles. The average Bonchev–Trinajstić information content (AvgIpc) is 2.83. The fraction of sp³-hybridized carbons (Fsp3) is 0.562. The van der Waals surface area contributed by atoms with E-state index in [1.54, 1.807) is 7.11 Å². The van der Waals surface area contributed by atoms with Gasteiger partial charge in [0.1, 0.15) is 5.75 Å². The van der Waals surface area contributed by atoms with E-state index in [1.807, 2.05) is 18.2 Å². The lowest BCUT2D eigenvalue weighted by atomic mass is 9.98. The van der Waals surface area contributed by atoms with Crippen molar-refractivity contribution in [2.45, 2.75) is 44.8 Å². The van der Waals surface area contributed by atoms with E-state index < -0.39 is 0 Å². The molecule has 1 aliphatic carbocycles. The minimum atomic E-state index is 0.443. The SMILES string of the molecule is COc1ccc2c(c1)[nH]c(=S)n2CCOC1CCCCC1. The van der Waals surface area contributed by atoms with Crippen LogP contribution in [0.5, 0.6) is 5.75 Å². The summed E-state index contributed by atoms with van der Waals surface area (Å²) >= 11 is 5.41. The number of H-pyrrole nitrogens is 1. The van der Waals surface area contributed by atoms with E-state index in [9.17, 15) is 0 Å². The molecule has 0 bridgehead atoms. The number of imidazole rings is 1. The summed E-state index contributed by atoms with van der Waals surface area (Å²) in [7, 11) is 1.67. The minimum Gasteiger partial charge on any atom is -0.497 e. The number of benzene rings is 1. The number of aromatic nitrogens is 2. The van der Waals surface area contributed by atoms with Crippen LogP contribution in [0.3, 0.4) is 0 Å². The number of rotatable bonds is 5. The normalized spacial score (nSPS) is 16.4. The van der Waals surface area contributed by atoms with Gasteiger partial charge in [0, 0.05) is 12.6 Å². The first-order chi connectivity index (χ1) is 10.3. The van der Waals surface area contributed by atoms with Crippen LogP contribution >= 0.6 is 12.2 Å². The molecule has 0 unspecified atom stereocenters. The summed E-state index contributed by atoms with van der Waals surface area (Å²) in [6, 6.07) is 5.98. The van der Waals surface area contributed by atoms with Crippen molar-refractivity contribution in [1.29, 1.82) is 0 Å². The molecule has 4 nitrogen and oxygen atoms in total. The van der Waals surface area contributed by atoms with Crippen molar-refractivity contribution in [3.63, 3.8) is 0 Å². The summed E-state index contributed by atoms with van der Waals surface area (Å²) in [6.45, 7) is 1.51. The van der Waals surface area contributed by atoms with E-state index in [0.717, 1.165) is 34.7 Å². The Bertz CT molecular complexity index is 656. The van der Waals surface area contributed by atoms with Gasteiger partial charge in [0.05, 0.1) is 30.9 Å². The van der Waals surface area contributed by atoms with Gasteiger partial charge in [-0.1, -0.05) is 19.3 Å². The lowest BCUT2D eigenvalue weighted by Gasteiger charge is -2.22. The van der Waals surface area contributed by atoms with Gasteiger partial charge in [-0.3, -0.25) is 0 Å². The molecule has 1 fully saturated rings. The number of fused-ring (bicyclic) bond motifs is 1. The summed E-state index contributed by atoms with van der Waals surface area (Å²) in [5, 5.41) is 0. The number of ether oxygens (including phenoxy) is 2. The quantitative estimate of drug-likeness (QED) is 0.847. The first-order valence-corrected chi connectivity index (χ1v) is 8.07. The molecule has 1 N–H and O–H groups in total. The summed E-state index contributed by atoms with van der Waals surface area (Å²) < 4.78 is 14.1. The maximum Gasteiger partial charge on any atom is 0.178 e. The molecule has 2 aromatic rings. The summed E-state index contributed by atoms with van der Waals surface area (Å²) in [5.74, 6) is 0.837. The summed E-state index contributed by atoms with van der Waals surface area (Å²) in [4.78, 5) is 3.23. The number of nitrogens with one attached hydrogen (secondary N) is 1. The third-order valence-corrected chi connectivity index (χ3v) is 4.52. The Morgan fingerprint density at radius 1 is 1.29 bits per heavy atom. The van der Waals surface area contributed by atoms with E-state index in [0.29, 0.717) is 6.10 Å². The fourth-order valence-electron chi connectivity index (χ4n) is 3.03. The van der Waals surface area contributed by atoms with Crippen molar-refractivity contribution in [3.8, 4) is 5.75 Å². The van der Waals surface area contributed by atoms with Crippen molar-refractivity contribution < 1.29 is 9.47 Å². The van der Waals surface area contributed by atoms with E-state index >= 15 is 0 Å². The second-order valence-corrected chi connectivity index (χ2v) is 5.98. The molecule has 5 heteroatoms. The van der Waals surface area contributed by atoms with Gasteiger partial charge in [-0.15, -0.1) is 0 Å². The molecule has 0 spiro atoms. The zero-order chi connectivity index (χ0) is 14.7. The van der Waals surface area contributed by atoms with Crippen molar-refractivity contribution in [3.05, 3.63) is 23.0 Å². The van der Waals surface area contributed by atoms with E-state index in [1.165, 1.54) is 32.1 Å². The Kier molecular flexibility index (Phi) is 4.60. The second-order valence-electron chi connectivity index (χ2n) is 5.60. The van der Waals surface area contributed by atoms with Gasteiger partial charge >= 0.3 is 0 Å². The monoisotopic (exact) mass is 306 g/mol. The Morgan fingerprint density at radius 3 is 2.86 bits per heavy atom. The molecule has 1 aromatic heterocycles. The predicted octanol–water partition coefficient (Wildman–Crippen LogP) is 4.06. The lowest BCUT2D eigenvalue weighted by Crippen LogP contribution is -2.19. The lowest BCUT2D eigenvalue weighted by molar-refractivity contribution is 0.0243. The molecule has 0 saturated heterocycles. The van der Waals surface area contributed by atoms with Gasteiger partial charge in [-0.25, -0.2) is 0 Å². The van der Waals surface area contributed by atoms with Gasteiger partial charge < -0.3 is 19.0 Å². The molecule has 1 aromatic carbocycles. The molecule has 21 heavy (non-hydrogen) atoms. The maximum atomic E-state index is 6.00. The highest BCUT2D eigenvalue weighted by molar-refractivity contribution is 7.71. The highest BCUT2D eigenvalue weighted by atomic mass is 32.1. The molecule has 0 amide bonds. The van der Waals surface area contributed by atoms with Gasteiger partial charge in [-0.2, -0.15) is 0 Å². The molecule has 114 valence electrons. The predicted molar refractivity (Wildman–Crippen MR) is 86.5 cm³/mol. The number of nitrogens with zero attached hydrogens (tertiary/aromatic N) is 1. The standard InChI is InChI=1S/C16H22N2O2S/c1-19-13-7-8-15-14(11-13)17-16(21)18(15)9-10-20-12-5-3-2-4-6-12/h7-8,11-12H,2-6,9-10H2,1H3,(H,17,21). The van der Waals surface area contributed by atoms with Crippen LogP contribution in [0.25, 0.3) is 11.0 Å². The minimum absolute atomic E-state index is 0.443. The van der Waals surface area contributed by atoms with Crippen LogP contribution in [0.15, 0.2) is 18.2 Å². The molecule has 0 aliphatic heterocycles. The Hall–Kier alpha value is -1.33. The molecule has 1 aliphatic rings. The fourth-order valence-corrected chi connectivity index (χ4v) is 3.33. The van der Waals surface area contributed by atoms with Gasteiger partial charge in [0.25, 0.3) is 0 Å². The highest BCUT2D eigenvalue weighted by Gasteiger charge is 2.13. The Morgan fingerprint density at radius 2 is 2.10 bits per heavy atom. The van der Waals surface area contributed by atoms with Crippen LogP contribution in [0, 0.1) is 4.77 Å². The molecule has 3 rings (SSSR count). The van der Waals surface area contributed by atoms with E-state index in [4.69, 9.17) is 21.7 Å². The number of methoxy groups -OCH3 is 1. The molecular formula is C16H22N2O2S. The smallest absolute Gasteiger partial charge is 0.178 e. The van der Waals surface area contributed by atoms with Crippen LogP contribution in [0.2, 0.25) is 0 Å². The third kappa shape index (κ3) is 3.30. The maximum absolute atomic E-state index is 6.00. The largest absolute Gasteiger partial charge is 0.497 e. The van der Waals surface area contributed by atoms with Crippen LogP contribution in [-0.4, -0.2) is 29.4 Å². The summed E-state index contributed by atoms with van der Waals surface area (Å²) in [5.41, 5.74) is 2.12. The van der Waals surface area contributed by atoms with Crippen molar-refractivity contribution in [2.24, 2.45) is 0 Å². The van der Waals surface area contributed by atoms with Crippen LogP contribution < -0.4 is 4.74 Å². The average molecular weight is 306 g/mol. The zero-order valence-electron chi connectivity index (χ0n) is 12.4. The highest BCUT2D eigenvalue weighted by Crippen LogP contribution is 2.22. The number of hydrogen-bond acceptors (Lipinski definition) is 3. The van der Waals surface area contributed by atoms with Crippen LogP contribution in [0.1, 0.15) is 32.1 Å².